The predicted octanol–water partition coefficient (Wildman–Crippen LogP) is 2.22. The first-order chi connectivity index (χ1) is 17.4. The topological polar surface area (TPSA) is 117 Å². The molecule has 0 radical (unpaired) electrons. The van der Waals surface area contributed by atoms with Crippen LogP contribution in [0.3, 0.4) is 0 Å². The molecule has 0 unspecified atom stereocenters. The summed E-state index contributed by atoms with van der Waals surface area (Å²) in [4.78, 5) is 38.9. The number of nitrogens with two attached hydrogens (primary N) is 1. The number of piperidine rings is 1. The van der Waals surface area contributed by atoms with Gasteiger partial charge in [-0.3, -0.25) is 19.3 Å². The number of carbonyl (C=O) groups is 3. The van der Waals surface area contributed by atoms with E-state index in [1.54, 1.807) is 7.11 Å². The summed E-state index contributed by atoms with van der Waals surface area (Å²) in [7, 11) is 1.62. The molecule has 0 aliphatic carbocycles. The van der Waals surface area contributed by atoms with Gasteiger partial charge in [0.05, 0.1) is 25.4 Å². The number of nitrogens with zero attached hydrogens (tertiary/aromatic N) is 3. The van der Waals surface area contributed by atoms with Crippen LogP contribution in [-0.2, 0) is 14.4 Å². The molecule has 9 nitrogen and oxygen atoms in total. The molecule has 2 aromatic rings. The van der Waals surface area contributed by atoms with Crippen molar-refractivity contribution < 1.29 is 19.1 Å². The van der Waals surface area contributed by atoms with E-state index in [0.717, 1.165) is 35.4 Å². The summed E-state index contributed by atoms with van der Waals surface area (Å²) < 4.78 is 5.27. The Morgan fingerprint density at radius 3 is 2.36 bits per heavy atom. The fourth-order valence-corrected chi connectivity index (χ4v) is 4.72. The Hall–Kier alpha value is -3.72. The van der Waals surface area contributed by atoms with E-state index >= 15 is 0 Å². The van der Waals surface area contributed by atoms with Crippen LogP contribution in [0.1, 0.15) is 49.3 Å². The molecule has 2 aliphatic heterocycles. The molecule has 1 saturated heterocycles. The van der Waals surface area contributed by atoms with Gasteiger partial charge in [0, 0.05) is 38.4 Å². The number of hydrogen-bond acceptors (Lipinski definition) is 6. The van der Waals surface area contributed by atoms with Crippen LogP contribution >= 0.6 is 0 Å². The molecule has 4 rings (SSSR count). The zero-order valence-electron chi connectivity index (χ0n) is 20.6. The maximum Gasteiger partial charge on any atom is 0.243 e. The van der Waals surface area contributed by atoms with Gasteiger partial charge < -0.3 is 15.8 Å². The second kappa shape index (κ2) is 11.8. The first-order valence-corrected chi connectivity index (χ1v) is 12.3. The summed E-state index contributed by atoms with van der Waals surface area (Å²) in [5.41, 5.74) is 8.05. The molecule has 1 fully saturated rings. The number of ether oxygens (including phenoxy) is 1. The number of carbonyl (C=O) groups excluding carboxylic acids is 3. The van der Waals surface area contributed by atoms with Gasteiger partial charge in [-0.2, -0.15) is 5.10 Å². The number of hydrogen-bond donors (Lipinski definition) is 2. The second-order valence-electron chi connectivity index (χ2n) is 9.23. The van der Waals surface area contributed by atoms with Crippen LogP contribution in [0.25, 0.3) is 0 Å². The highest BCUT2D eigenvalue weighted by molar-refractivity contribution is 6.03. The number of rotatable bonds is 9. The molecule has 3 amide bonds. The molecule has 2 aliphatic rings. The van der Waals surface area contributed by atoms with Crippen LogP contribution in [0, 0.1) is 0 Å². The molecule has 1 atom stereocenters. The van der Waals surface area contributed by atoms with Gasteiger partial charge in [-0.05, 0) is 36.1 Å². The van der Waals surface area contributed by atoms with Crippen LogP contribution in [0.4, 0.5) is 0 Å². The Morgan fingerprint density at radius 1 is 1.03 bits per heavy atom. The number of primary amides is 1. The van der Waals surface area contributed by atoms with Crippen molar-refractivity contribution in [3.05, 3.63) is 65.7 Å². The molecule has 2 heterocycles. The van der Waals surface area contributed by atoms with Crippen molar-refractivity contribution in [2.24, 2.45) is 10.8 Å². The van der Waals surface area contributed by atoms with E-state index in [1.165, 1.54) is 5.01 Å². The normalized spacial score (nSPS) is 18.5. The van der Waals surface area contributed by atoms with Gasteiger partial charge in [0.2, 0.25) is 17.7 Å². The van der Waals surface area contributed by atoms with Crippen molar-refractivity contribution in [3.63, 3.8) is 0 Å². The van der Waals surface area contributed by atoms with E-state index in [4.69, 9.17) is 10.5 Å². The number of hydrazone groups is 1. The number of methoxy groups -OCH3 is 1. The lowest BCUT2D eigenvalue weighted by molar-refractivity contribution is -0.135. The average Bonchev–Trinajstić information content (AvgIpc) is 3.34. The SMILES string of the molecule is COc1ccc([C@H]2CC(c3ccccc3)=NN2C(=O)CCC(=O)NC2CCN(CC(N)=O)CC2)cc1. The van der Waals surface area contributed by atoms with Gasteiger partial charge in [0.25, 0.3) is 0 Å². The molecule has 0 saturated carbocycles. The Kier molecular flexibility index (Phi) is 8.32. The van der Waals surface area contributed by atoms with E-state index in [0.29, 0.717) is 19.5 Å². The first kappa shape index (κ1) is 25.4. The summed E-state index contributed by atoms with van der Waals surface area (Å²) in [6.07, 6.45) is 2.28. The fraction of sp³-hybridized carbons (Fsp3) is 0.407. The lowest BCUT2D eigenvalue weighted by Gasteiger charge is -2.31. The lowest BCUT2D eigenvalue weighted by Crippen LogP contribution is -2.46. The van der Waals surface area contributed by atoms with Gasteiger partial charge in [0.1, 0.15) is 5.75 Å². The average molecular weight is 492 g/mol. The standard InChI is InChI=1S/C27H33N5O4/c1-36-22-9-7-20(8-10-22)24-17-23(19-5-3-2-4-6-19)30-32(24)27(35)12-11-26(34)29-21-13-15-31(16-14-21)18-25(28)33/h2-10,21,24H,11-18H2,1H3,(H2,28,33)(H,29,34)/t24-/m1/s1. The van der Waals surface area contributed by atoms with Crippen molar-refractivity contribution in [1.82, 2.24) is 15.2 Å². The molecule has 36 heavy (non-hydrogen) atoms. The molecule has 0 bridgehead atoms. The van der Waals surface area contributed by atoms with Gasteiger partial charge in [-0.15, -0.1) is 0 Å². The molecule has 0 spiro atoms. The molecule has 3 N–H and O–H groups in total. The summed E-state index contributed by atoms with van der Waals surface area (Å²) >= 11 is 0. The Morgan fingerprint density at radius 2 is 1.72 bits per heavy atom. The Labute approximate surface area is 211 Å². The highest BCUT2D eigenvalue weighted by atomic mass is 16.5. The highest BCUT2D eigenvalue weighted by Crippen LogP contribution is 2.34. The lowest BCUT2D eigenvalue weighted by atomic mass is 9.98. The molecular formula is C27H33N5O4. The van der Waals surface area contributed by atoms with Crippen LogP contribution < -0.4 is 15.8 Å². The van der Waals surface area contributed by atoms with Gasteiger partial charge in [-0.25, -0.2) is 5.01 Å². The second-order valence-corrected chi connectivity index (χ2v) is 9.23. The van der Waals surface area contributed by atoms with Gasteiger partial charge >= 0.3 is 0 Å². The van der Waals surface area contributed by atoms with Crippen LogP contribution in [-0.4, -0.2) is 66.1 Å². The van der Waals surface area contributed by atoms with E-state index in [1.807, 2.05) is 59.5 Å². The number of amides is 3. The van der Waals surface area contributed by atoms with E-state index in [9.17, 15) is 14.4 Å². The quantitative estimate of drug-likeness (QED) is 0.558. The van der Waals surface area contributed by atoms with Crippen LogP contribution in [0.2, 0.25) is 0 Å². The maximum absolute atomic E-state index is 13.2. The number of likely N-dealkylation sites (tertiary alicyclic amines) is 1. The van der Waals surface area contributed by atoms with Crippen molar-refractivity contribution in [2.75, 3.05) is 26.7 Å². The number of nitrogens with one attached hydrogen (secondary N) is 1. The summed E-state index contributed by atoms with van der Waals surface area (Å²) in [6, 6.07) is 17.3. The van der Waals surface area contributed by atoms with E-state index in [-0.39, 0.29) is 49.2 Å². The van der Waals surface area contributed by atoms with Crippen molar-refractivity contribution in [2.45, 2.75) is 44.2 Å². The molecular weight excluding hydrogens is 458 g/mol. The maximum atomic E-state index is 13.2. The Balaban J connectivity index is 1.37. The minimum atomic E-state index is -0.344. The third-order valence-corrected chi connectivity index (χ3v) is 6.67. The molecule has 9 heteroatoms. The minimum Gasteiger partial charge on any atom is -0.497 e. The van der Waals surface area contributed by atoms with Crippen molar-refractivity contribution in [1.29, 1.82) is 0 Å². The minimum absolute atomic E-state index is 0.0401. The molecule has 0 aromatic heterocycles. The summed E-state index contributed by atoms with van der Waals surface area (Å²) in [5, 5.41) is 9.23. The van der Waals surface area contributed by atoms with Crippen molar-refractivity contribution in [3.8, 4) is 5.75 Å². The van der Waals surface area contributed by atoms with Gasteiger partial charge in [0.15, 0.2) is 0 Å². The van der Waals surface area contributed by atoms with E-state index < -0.39 is 0 Å². The largest absolute Gasteiger partial charge is 0.497 e. The molecule has 190 valence electrons. The monoisotopic (exact) mass is 491 g/mol. The fourth-order valence-electron chi connectivity index (χ4n) is 4.72. The van der Waals surface area contributed by atoms with Crippen LogP contribution in [0.15, 0.2) is 59.7 Å². The van der Waals surface area contributed by atoms with Crippen molar-refractivity contribution >= 4 is 23.4 Å². The highest BCUT2D eigenvalue weighted by Gasteiger charge is 2.33. The Bertz CT molecular complexity index is 1090. The van der Waals surface area contributed by atoms with Crippen LogP contribution in [0.5, 0.6) is 5.75 Å². The zero-order valence-corrected chi connectivity index (χ0v) is 20.6. The zero-order chi connectivity index (χ0) is 25.5. The molecule has 2 aromatic carbocycles. The first-order valence-electron chi connectivity index (χ1n) is 12.3. The number of benzene rings is 2. The van der Waals surface area contributed by atoms with Gasteiger partial charge in [-0.1, -0.05) is 42.5 Å². The smallest absolute Gasteiger partial charge is 0.243 e. The predicted molar refractivity (Wildman–Crippen MR) is 136 cm³/mol. The third kappa shape index (κ3) is 6.48. The summed E-state index contributed by atoms with van der Waals surface area (Å²) in [6.45, 7) is 1.66. The summed E-state index contributed by atoms with van der Waals surface area (Å²) in [5.74, 6) is 0.0669. The van der Waals surface area contributed by atoms with E-state index in [2.05, 4.69) is 10.4 Å². The third-order valence-electron chi connectivity index (χ3n) is 6.67.